The van der Waals surface area contributed by atoms with Gasteiger partial charge in [-0.15, -0.1) is 0 Å². The summed E-state index contributed by atoms with van der Waals surface area (Å²) in [6.45, 7) is 6.21. The maximum Gasteiger partial charge on any atom is 0.322 e. The Hall–Kier alpha value is -3.24. The lowest BCUT2D eigenvalue weighted by Crippen LogP contribution is -2.26. The molecule has 140 valence electrons. The van der Waals surface area contributed by atoms with Gasteiger partial charge in [0.1, 0.15) is 5.69 Å². The topological polar surface area (TPSA) is 137 Å². The standard InChI is InChI=1S/C15H21N7O4/c1-5-7-16-14(23)11-10(8-21(6-2)19-11)17-15(24)12-13(22(25)26)9(3)20(4)18-12/h8H,5-7H2,1-4H3,(H,16,23)(H,17,24). The smallest absolute Gasteiger partial charge is 0.322 e. The number of nitro groups is 1. The van der Waals surface area contributed by atoms with Gasteiger partial charge in [-0.2, -0.15) is 10.2 Å². The van der Waals surface area contributed by atoms with Gasteiger partial charge in [0.05, 0.1) is 10.6 Å². The molecule has 0 bridgehead atoms. The minimum Gasteiger partial charge on any atom is -0.351 e. The van der Waals surface area contributed by atoms with Crippen LogP contribution in [0.25, 0.3) is 0 Å². The van der Waals surface area contributed by atoms with Crippen LogP contribution < -0.4 is 10.6 Å². The van der Waals surface area contributed by atoms with Crippen LogP contribution >= 0.6 is 0 Å². The number of aryl methyl sites for hydroxylation is 2. The average Bonchev–Trinajstić information content (AvgIpc) is 3.14. The Balaban J connectivity index is 2.35. The number of hydrogen-bond donors (Lipinski definition) is 2. The molecule has 0 aliphatic heterocycles. The number of carbonyl (C=O) groups excluding carboxylic acids is 2. The maximum absolute atomic E-state index is 12.5. The Morgan fingerprint density at radius 2 is 1.92 bits per heavy atom. The molecule has 0 radical (unpaired) electrons. The van der Waals surface area contributed by atoms with Gasteiger partial charge in [-0.3, -0.25) is 29.1 Å². The van der Waals surface area contributed by atoms with Gasteiger partial charge in [0.2, 0.25) is 5.69 Å². The molecule has 0 saturated heterocycles. The zero-order valence-electron chi connectivity index (χ0n) is 15.1. The van der Waals surface area contributed by atoms with E-state index in [-0.39, 0.29) is 28.5 Å². The molecule has 2 aromatic rings. The summed E-state index contributed by atoms with van der Waals surface area (Å²) in [4.78, 5) is 35.4. The van der Waals surface area contributed by atoms with Crippen molar-refractivity contribution in [3.05, 3.63) is 33.4 Å². The molecule has 26 heavy (non-hydrogen) atoms. The van der Waals surface area contributed by atoms with Gasteiger partial charge in [0, 0.05) is 26.3 Å². The number of rotatable bonds is 7. The van der Waals surface area contributed by atoms with Crippen molar-refractivity contribution < 1.29 is 14.5 Å². The molecule has 0 spiro atoms. The summed E-state index contributed by atoms with van der Waals surface area (Å²) in [7, 11) is 1.51. The Morgan fingerprint density at radius 1 is 1.23 bits per heavy atom. The van der Waals surface area contributed by atoms with E-state index in [1.54, 1.807) is 0 Å². The second-order valence-electron chi connectivity index (χ2n) is 5.62. The number of nitrogens with one attached hydrogen (secondary N) is 2. The van der Waals surface area contributed by atoms with Crippen molar-refractivity contribution in [2.24, 2.45) is 7.05 Å². The van der Waals surface area contributed by atoms with Crippen LogP contribution in [0, 0.1) is 17.0 Å². The van der Waals surface area contributed by atoms with Crippen LogP contribution in [0.1, 0.15) is 46.9 Å². The molecule has 0 saturated carbocycles. The Labute approximate surface area is 149 Å². The maximum atomic E-state index is 12.5. The van der Waals surface area contributed by atoms with Crippen molar-refractivity contribution in [3.63, 3.8) is 0 Å². The quantitative estimate of drug-likeness (QED) is 0.561. The fourth-order valence-electron chi connectivity index (χ4n) is 2.31. The van der Waals surface area contributed by atoms with Crippen molar-refractivity contribution in [2.45, 2.75) is 33.7 Å². The number of anilines is 1. The monoisotopic (exact) mass is 363 g/mol. The van der Waals surface area contributed by atoms with Gasteiger partial charge in [0.25, 0.3) is 11.8 Å². The molecule has 2 rings (SSSR count). The zero-order chi connectivity index (χ0) is 19.4. The summed E-state index contributed by atoms with van der Waals surface area (Å²) < 4.78 is 2.76. The molecule has 2 heterocycles. The van der Waals surface area contributed by atoms with Gasteiger partial charge in [-0.05, 0) is 20.3 Å². The van der Waals surface area contributed by atoms with E-state index in [0.717, 1.165) is 6.42 Å². The summed E-state index contributed by atoms with van der Waals surface area (Å²) >= 11 is 0. The summed E-state index contributed by atoms with van der Waals surface area (Å²) in [6.07, 6.45) is 2.25. The molecular weight excluding hydrogens is 342 g/mol. The summed E-state index contributed by atoms with van der Waals surface area (Å²) in [5.41, 5.74) is -0.221. The lowest BCUT2D eigenvalue weighted by molar-refractivity contribution is -0.385. The first kappa shape index (κ1) is 19.1. The highest BCUT2D eigenvalue weighted by molar-refractivity contribution is 6.09. The van der Waals surface area contributed by atoms with Crippen LogP contribution in [-0.2, 0) is 13.6 Å². The van der Waals surface area contributed by atoms with Crippen molar-refractivity contribution in [2.75, 3.05) is 11.9 Å². The first-order chi connectivity index (χ1) is 12.3. The number of amides is 2. The van der Waals surface area contributed by atoms with Crippen molar-refractivity contribution in [1.82, 2.24) is 24.9 Å². The van der Waals surface area contributed by atoms with Gasteiger partial charge in [-0.25, -0.2) is 0 Å². The third-order valence-electron chi connectivity index (χ3n) is 3.78. The molecule has 0 unspecified atom stereocenters. The second-order valence-corrected chi connectivity index (χ2v) is 5.62. The number of hydrogen-bond acceptors (Lipinski definition) is 6. The van der Waals surface area contributed by atoms with Gasteiger partial charge >= 0.3 is 5.69 Å². The van der Waals surface area contributed by atoms with E-state index in [2.05, 4.69) is 20.8 Å². The predicted molar refractivity (Wildman–Crippen MR) is 93.1 cm³/mol. The van der Waals surface area contributed by atoms with E-state index in [0.29, 0.717) is 13.1 Å². The van der Waals surface area contributed by atoms with Gasteiger partial charge < -0.3 is 10.6 Å². The first-order valence-electron chi connectivity index (χ1n) is 8.15. The van der Waals surface area contributed by atoms with Crippen LogP contribution in [0.2, 0.25) is 0 Å². The average molecular weight is 363 g/mol. The molecule has 0 aromatic carbocycles. The Morgan fingerprint density at radius 3 is 2.50 bits per heavy atom. The molecule has 0 atom stereocenters. The lowest BCUT2D eigenvalue weighted by Gasteiger charge is -2.04. The van der Waals surface area contributed by atoms with Crippen molar-refractivity contribution >= 4 is 23.2 Å². The van der Waals surface area contributed by atoms with E-state index in [1.807, 2.05) is 13.8 Å². The van der Waals surface area contributed by atoms with Gasteiger partial charge in [-0.1, -0.05) is 6.92 Å². The van der Waals surface area contributed by atoms with E-state index in [4.69, 9.17) is 0 Å². The van der Waals surface area contributed by atoms with Gasteiger partial charge in [0.15, 0.2) is 5.69 Å². The second kappa shape index (κ2) is 7.76. The number of aromatic nitrogens is 4. The molecule has 2 amide bonds. The molecular formula is C15H21N7O4. The molecule has 11 heteroatoms. The van der Waals surface area contributed by atoms with Crippen LogP contribution in [0.3, 0.4) is 0 Å². The van der Waals surface area contributed by atoms with Crippen molar-refractivity contribution in [1.29, 1.82) is 0 Å². The van der Waals surface area contributed by atoms with E-state index < -0.39 is 16.7 Å². The van der Waals surface area contributed by atoms with Crippen molar-refractivity contribution in [3.8, 4) is 0 Å². The number of carbonyl (C=O) groups is 2. The Bertz CT molecular complexity index is 853. The molecule has 2 aromatic heterocycles. The third-order valence-corrected chi connectivity index (χ3v) is 3.78. The lowest BCUT2D eigenvalue weighted by atomic mass is 10.2. The minimum absolute atomic E-state index is 0.0453. The highest BCUT2D eigenvalue weighted by Gasteiger charge is 2.30. The Kier molecular flexibility index (Phi) is 5.70. The molecule has 0 aliphatic carbocycles. The molecule has 2 N–H and O–H groups in total. The van der Waals surface area contributed by atoms with E-state index in [9.17, 15) is 19.7 Å². The predicted octanol–water partition coefficient (Wildman–Crippen LogP) is 1.25. The fraction of sp³-hybridized carbons (Fsp3) is 0.467. The summed E-state index contributed by atoms with van der Waals surface area (Å²) in [5, 5.41) is 24.5. The number of nitrogens with zero attached hydrogens (tertiary/aromatic N) is 5. The highest BCUT2D eigenvalue weighted by atomic mass is 16.6. The van der Waals surface area contributed by atoms with E-state index in [1.165, 1.54) is 29.5 Å². The SMILES string of the molecule is CCCNC(=O)c1nn(CC)cc1NC(=O)c1nn(C)c(C)c1[N+](=O)[O-]. The molecule has 11 nitrogen and oxygen atoms in total. The fourth-order valence-corrected chi connectivity index (χ4v) is 2.31. The van der Waals surface area contributed by atoms with Crippen LogP contribution in [0.5, 0.6) is 0 Å². The van der Waals surface area contributed by atoms with Crippen LogP contribution in [-0.4, -0.2) is 42.8 Å². The highest BCUT2D eigenvalue weighted by Crippen LogP contribution is 2.24. The van der Waals surface area contributed by atoms with E-state index >= 15 is 0 Å². The third kappa shape index (κ3) is 3.71. The normalized spacial score (nSPS) is 10.6. The molecule has 0 aliphatic rings. The minimum atomic E-state index is -0.777. The largest absolute Gasteiger partial charge is 0.351 e. The van der Waals surface area contributed by atoms with Crippen LogP contribution in [0.15, 0.2) is 6.20 Å². The molecule has 0 fully saturated rings. The van der Waals surface area contributed by atoms with Crippen LogP contribution in [0.4, 0.5) is 11.4 Å². The summed E-state index contributed by atoms with van der Waals surface area (Å²) in [6, 6.07) is 0. The first-order valence-corrected chi connectivity index (χ1v) is 8.15. The zero-order valence-corrected chi connectivity index (χ0v) is 15.1. The summed E-state index contributed by atoms with van der Waals surface area (Å²) in [5.74, 6) is -1.21.